The maximum absolute atomic E-state index is 12.5. The summed E-state index contributed by atoms with van der Waals surface area (Å²) < 4.78 is 0. The summed E-state index contributed by atoms with van der Waals surface area (Å²) in [7, 11) is 0. The molecule has 1 amide bonds. The second-order valence-corrected chi connectivity index (χ2v) is 7.12. The van der Waals surface area contributed by atoms with Crippen molar-refractivity contribution in [1.82, 2.24) is 5.32 Å². The first kappa shape index (κ1) is 12.9. The molecule has 0 unspecified atom stereocenters. The maximum Gasteiger partial charge on any atom is 0.256 e. The monoisotopic (exact) mass is 298 g/mol. The van der Waals surface area contributed by atoms with Crippen LogP contribution >= 0.6 is 11.3 Å². The van der Waals surface area contributed by atoms with E-state index in [4.69, 9.17) is 0 Å². The van der Waals surface area contributed by atoms with Gasteiger partial charge in [0.05, 0.1) is 5.56 Å². The number of rotatable bonds is 1. The van der Waals surface area contributed by atoms with Gasteiger partial charge in [0, 0.05) is 4.88 Å². The average Bonchev–Trinajstić information content (AvgIpc) is 2.85. The molecule has 108 valence electrons. The zero-order valence-corrected chi connectivity index (χ0v) is 12.8. The number of hydrogen-bond donors (Lipinski definition) is 2. The van der Waals surface area contributed by atoms with E-state index in [2.05, 4.69) is 17.6 Å². The van der Waals surface area contributed by atoms with Gasteiger partial charge in [0.1, 0.15) is 11.2 Å². The van der Waals surface area contributed by atoms with Gasteiger partial charge < -0.3 is 10.6 Å². The Morgan fingerprint density at radius 2 is 2.00 bits per heavy atom. The van der Waals surface area contributed by atoms with E-state index in [-0.39, 0.29) is 12.1 Å². The van der Waals surface area contributed by atoms with Crippen molar-refractivity contribution in [3.8, 4) is 0 Å². The van der Waals surface area contributed by atoms with Gasteiger partial charge in [-0.15, -0.1) is 11.3 Å². The van der Waals surface area contributed by atoms with Crippen molar-refractivity contribution in [2.45, 2.75) is 32.4 Å². The summed E-state index contributed by atoms with van der Waals surface area (Å²) in [4.78, 5) is 13.9. The van der Waals surface area contributed by atoms with Crippen LogP contribution in [0, 0.1) is 5.92 Å². The van der Waals surface area contributed by atoms with Crippen LogP contribution in [0.25, 0.3) is 0 Å². The molecule has 1 aliphatic heterocycles. The molecule has 2 N–H and O–H groups in total. The van der Waals surface area contributed by atoms with Gasteiger partial charge in [-0.05, 0) is 36.3 Å². The Hall–Kier alpha value is -1.81. The van der Waals surface area contributed by atoms with E-state index in [1.54, 1.807) is 11.3 Å². The standard InChI is InChI=1S/C17H18N2OS/c1-10-7-8-12-13(9-10)21-17-14(12)16(20)18-15(19-17)11-5-3-2-4-6-11/h2-6,10,15,19H,7-9H2,1H3,(H,18,20)/t10-,15-/m1/s1. The molecule has 2 aromatic rings. The first-order valence-electron chi connectivity index (χ1n) is 7.49. The number of carbonyl (C=O) groups excluding carboxylic acids is 1. The Bertz CT molecular complexity index is 692. The molecule has 21 heavy (non-hydrogen) atoms. The summed E-state index contributed by atoms with van der Waals surface area (Å²) in [6.45, 7) is 2.29. The van der Waals surface area contributed by atoms with Gasteiger partial charge in [-0.1, -0.05) is 37.3 Å². The predicted molar refractivity (Wildman–Crippen MR) is 85.8 cm³/mol. The van der Waals surface area contributed by atoms with Crippen molar-refractivity contribution >= 4 is 22.2 Å². The normalized spacial score (nSPS) is 23.8. The van der Waals surface area contributed by atoms with Crippen molar-refractivity contribution in [3.63, 3.8) is 0 Å². The molecule has 1 aromatic carbocycles. The van der Waals surface area contributed by atoms with E-state index in [9.17, 15) is 4.79 Å². The molecular weight excluding hydrogens is 280 g/mol. The number of fused-ring (bicyclic) bond motifs is 3. The zero-order chi connectivity index (χ0) is 14.4. The van der Waals surface area contributed by atoms with Gasteiger partial charge in [-0.2, -0.15) is 0 Å². The third kappa shape index (κ3) is 2.14. The van der Waals surface area contributed by atoms with Crippen LogP contribution in [0.5, 0.6) is 0 Å². The largest absolute Gasteiger partial charge is 0.353 e. The first-order chi connectivity index (χ1) is 10.2. The van der Waals surface area contributed by atoms with E-state index in [1.807, 2.05) is 30.3 Å². The van der Waals surface area contributed by atoms with Crippen LogP contribution in [0.2, 0.25) is 0 Å². The Balaban J connectivity index is 1.71. The summed E-state index contributed by atoms with van der Waals surface area (Å²) in [6.07, 6.45) is 3.21. The molecule has 4 heteroatoms. The highest BCUT2D eigenvalue weighted by Gasteiger charge is 2.32. The molecule has 0 radical (unpaired) electrons. The van der Waals surface area contributed by atoms with E-state index < -0.39 is 0 Å². The molecule has 3 nitrogen and oxygen atoms in total. The molecule has 0 bridgehead atoms. The highest BCUT2D eigenvalue weighted by Crippen LogP contribution is 2.42. The van der Waals surface area contributed by atoms with Gasteiger partial charge in [-0.25, -0.2) is 0 Å². The van der Waals surface area contributed by atoms with Gasteiger partial charge in [-0.3, -0.25) is 4.79 Å². The topological polar surface area (TPSA) is 41.1 Å². The summed E-state index contributed by atoms with van der Waals surface area (Å²) >= 11 is 1.77. The van der Waals surface area contributed by atoms with Crippen LogP contribution in [-0.2, 0) is 12.8 Å². The van der Waals surface area contributed by atoms with E-state index in [0.717, 1.165) is 34.9 Å². The number of amides is 1. The summed E-state index contributed by atoms with van der Waals surface area (Å²) in [5.41, 5.74) is 3.27. The second-order valence-electron chi connectivity index (χ2n) is 6.02. The summed E-state index contributed by atoms with van der Waals surface area (Å²) in [6, 6.07) is 10.1. The molecule has 0 saturated carbocycles. The fourth-order valence-electron chi connectivity index (χ4n) is 3.28. The lowest BCUT2D eigenvalue weighted by molar-refractivity contribution is 0.0935. The molecule has 2 atom stereocenters. The Labute approximate surface area is 128 Å². The molecule has 4 rings (SSSR count). The number of hydrogen-bond acceptors (Lipinski definition) is 3. The third-order valence-electron chi connectivity index (χ3n) is 4.42. The Kier molecular flexibility index (Phi) is 3.00. The van der Waals surface area contributed by atoms with Gasteiger partial charge in [0.2, 0.25) is 0 Å². The van der Waals surface area contributed by atoms with Crippen molar-refractivity contribution in [1.29, 1.82) is 0 Å². The van der Waals surface area contributed by atoms with Gasteiger partial charge >= 0.3 is 0 Å². The molecular formula is C17H18N2OS. The fourth-order valence-corrected chi connectivity index (χ4v) is 4.71. The summed E-state index contributed by atoms with van der Waals surface area (Å²) in [5, 5.41) is 7.64. The average molecular weight is 298 g/mol. The number of benzene rings is 1. The second kappa shape index (κ2) is 4.88. The predicted octanol–water partition coefficient (Wildman–Crippen LogP) is 3.73. The maximum atomic E-state index is 12.5. The molecule has 0 spiro atoms. The fraction of sp³-hybridized carbons (Fsp3) is 0.353. The van der Waals surface area contributed by atoms with Crippen LogP contribution in [0.3, 0.4) is 0 Å². The lowest BCUT2D eigenvalue weighted by atomic mass is 9.88. The lowest BCUT2D eigenvalue weighted by Crippen LogP contribution is -2.38. The van der Waals surface area contributed by atoms with Crippen LogP contribution in [0.15, 0.2) is 30.3 Å². The first-order valence-corrected chi connectivity index (χ1v) is 8.31. The number of carbonyl (C=O) groups is 1. The molecule has 2 heterocycles. The van der Waals surface area contributed by atoms with Gasteiger partial charge in [0.15, 0.2) is 0 Å². The van der Waals surface area contributed by atoms with Crippen molar-refractivity contribution < 1.29 is 4.79 Å². The minimum absolute atomic E-state index is 0.0738. The lowest BCUT2D eigenvalue weighted by Gasteiger charge is -2.27. The van der Waals surface area contributed by atoms with Crippen LogP contribution in [0.1, 0.15) is 45.9 Å². The minimum Gasteiger partial charge on any atom is -0.353 e. The SMILES string of the molecule is C[C@@H]1CCc2c(sc3c2C(=O)N[C@@H](c2ccccc2)N3)C1. The third-order valence-corrected chi connectivity index (χ3v) is 5.61. The van der Waals surface area contributed by atoms with Crippen LogP contribution in [-0.4, -0.2) is 5.91 Å². The van der Waals surface area contributed by atoms with Crippen LogP contribution < -0.4 is 10.6 Å². The van der Waals surface area contributed by atoms with Crippen molar-refractivity contribution in [3.05, 3.63) is 51.9 Å². The molecule has 1 aliphatic carbocycles. The van der Waals surface area contributed by atoms with Crippen molar-refractivity contribution in [2.75, 3.05) is 5.32 Å². The van der Waals surface area contributed by atoms with E-state index in [0.29, 0.717) is 0 Å². The highest BCUT2D eigenvalue weighted by molar-refractivity contribution is 7.16. The smallest absolute Gasteiger partial charge is 0.256 e. The van der Waals surface area contributed by atoms with E-state index in [1.165, 1.54) is 16.9 Å². The quantitative estimate of drug-likeness (QED) is 0.842. The number of anilines is 1. The minimum atomic E-state index is -0.122. The van der Waals surface area contributed by atoms with Crippen molar-refractivity contribution in [2.24, 2.45) is 5.92 Å². The molecule has 1 aromatic heterocycles. The number of thiophene rings is 1. The highest BCUT2D eigenvalue weighted by atomic mass is 32.1. The molecule has 0 saturated heterocycles. The Morgan fingerprint density at radius 1 is 1.19 bits per heavy atom. The molecule has 2 aliphatic rings. The van der Waals surface area contributed by atoms with Crippen LogP contribution in [0.4, 0.5) is 5.00 Å². The Morgan fingerprint density at radius 3 is 2.81 bits per heavy atom. The number of nitrogens with one attached hydrogen (secondary N) is 2. The summed E-state index contributed by atoms with van der Waals surface area (Å²) in [5.74, 6) is 0.801. The zero-order valence-electron chi connectivity index (χ0n) is 12.0. The molecule has 0 fully saturated rings. The van der Waals surface area contributed by atoms with E-state index >= 15 is 0 Å². The van der Waals surface area contributed by atoms with Gasteiger partial charge in [0.25, 0.3) is 5.91 Å².